The van der Waals surface area contributed by atoms with Gasteiger partial charge in [-0.1, -0.05) is 73.6 Å². The number of hydrogen-bond acceptors (Lipinski definition) is 0. The maximum absolute atomic E-state index is 2.38. The molecule has 0 amide bonds. The van der Waals surface area contributed by atoms with Gasteiger partial charge in [-0.25, -0.2) is 0 Å². The maximum Gasteiger partial charge on any atom is -0.0417 e. The molecule has 0 aliphatic heterocycles. The Morgan fingerprint density at radius 2 is 1.08 bits per heavy atom. The van der Waals surface area contributed by atoms with Crippen LogP contribution in [0.1, 0.15) is 73.6 Å². The third-order valence-corrected chi connectivity index (χ3v) is 2.54. The first-order chi connectivity index (χ1) is 6.22. The van der Waals surface area contributed by atoms with Crippen molar-refractivity contribution >= 4 is 0 Å². The van der Waals surface area contributed by atoms with E-state index in [0.29, 0.717) is 0 Å². The minimum Gasteiger partial charge on any atom is -0.0683 e. The molecule has 0 N–H and O–H groups in total. The highest BCUT2D eigenvalue weighted by Crippen LogP contribution is 2.28. The van der Waals surface area contributed by atoms with E-state index in [1.165, 1.54) is 32.1 Å². The SMILES string of the molecule is CC.CC1CCCCC1C.CCC. The lowest BCUT2D eigenvalue weighted by atomic mass is 9.82. The Morgan fingerprint density at radius 3 is 1.23 bits per heavy atom. The molecule has 0 heteroatoms. The van der Waals surface area contributed by atoms with Crippen molar-refractivity contribution in [1.82, 2.24) is 0 Å². The predicted molar refractivity (Wildman–Crippen MR) is 64.1 cm³/mol. The summed E-state index contributed by atoms with van der Waals surface area (Å²) < 4.78 is 0. The summed E-state index contributed by atoms with van der Waals surface area (Å²) in [5.74, 6) is 2.01. The van der Waals surface area contributed by atoms with Crippen molar-refractivity contribution in [3.8, 4) is 0 Å². The zero-order valence-electron chi connectivity index (χ0n) is 10.7. The Balaban J connectivity index is 0. The second-order valence-electron chi connectivity index (χ2n) is 3.95. The molecular formula is C13H30. The predicted octanol–water partition coefficient (Wildman–Crippen LogP) is 5.28. The van der Waals surface area contributed by atoms with Gasteiger partial charge in [-0.15, -0.1) is 0 Å². The molecule has 0 nitrogen and oxygen atoms in total. The van der Waals surface area contributed by atoms with E-state index in [2.05, 4.69) is 27.7 Å². The van der Waals surface area contributed by atoms with Crippen molar-refractivity contribution < 1.29 is 0 Å². The van der Waals surface area contributed by atoms with Crippen LogP contribution in [-0.2, 0) is 0 Å². The highest BCUT2D eigenvalue weighted by Gasteiger charge is 2.15. The van der Waals surface area contributed by atoms with Gasteiger partial charge in [0, 0.05) is 0 Å². The number of hydrogen-bond donors (Lipinski definition) is 0. The number of rotatable bonds is 0. The van der Waals surface area contributed by atoms with E-state index in [-0.39, 0.29) is 0 Å². The highest BCUT2D eigenvalue weighted by atomic mass is 14.2. The quantitative estimate of drug-likeness (QED) is 0.483. The molecule has 82 valence electrons. The molecule has 1 fully saturated rings. The van der Waals surface area contributed by atoms with Crippen molar-refractivity contribution in [2.45, 2.75) is 73.6 Å². The van der Waals surface area contributed by atoms with Gasteiger partial charge >= 0.3 is 0 Å². The maximum atomic E-state index is 2.38. The van der Waals surface area contributed by atoms with Gasteiger partial charge in [-0.05, 0) is 11.8 Å². The average molecular weight is 186 g/mol. The zero-order chi connectivity index (χ0) is 10.7. The molecule has 0 aromatic rings. The highest BCUT2D eigenvalue weighted by molar-refractivity contribution is 4.67. The molecule has 2 unspecified atom stereocenters. The fourth-order valence-corrected chi connectivity index (χ4v) is 1.50. The first-order valence-corrected chi connectivity index (χ1v) is 6.22. The van der Waals surface area contributed by atoms with Crippen LogP contribution in [0.4, 0.5) is 0 Å². The topological polar surface area (TPSA) is 0 Å². The summed E-state index contributed by atoms with van der Waals surface area (Å²) in [6.07, 6.45) is 7.15. The molecule has 0 spiro atoms. The Hall–Kier alpha value is 0. The monoisotopic (exact) mass is 186 g/mol. The summed E-state index contributed by atoms with van der Waals surface area (Å²) in [6, 6.07) is 0. The van der Waals surface area contributed by atoms with Gasteiger partial charge in [0.05, 0.1) is 0 Å². The van der Waals surface area contributed by atoms with Crippen LogP contribution >= 0.6 is 0 Å². The van der Waals surface area contributed by atoms with Crippen LogP contribution in [0.25, 0.3) is 0 Å². The van der Waals surface area contributed by atoms with Crippen LogP contribution in [-0.4, -0.2) is 0 Å². The largest absolute Gasteiger partial charge is 0.0683 e. The molecule has 0 aromatic carbocycles. The molecule has 0 heterocycles. The molecule has 1 aliphatic rings. The van der Waals surface area contributed by atoms with Gasteiger partial charge in [0.1, 0.15) is 0 Å². The fourth-order valence-electron chi connectivity index (χ4n) is 1.50. The lowest BCUT2D eigenvalue weighted by Crippen LogP contribution is -2.12. The Bertz CT molecular complexity index is 66.1. The molecule has 0 saturated heterocycles. The van der Waals surface area contributed by atoms with Crippen LogP contribution < -0.4 is 0 Å². The first-order valence-electron chi connectivity index (χ1n) is 6.22. The molecule has 0 aromatic heterocycles. The van der Waals surface area contributed by atoms with Crippen LogP contribution in [0.2, 0.25) is 0 Å². The summed E-state index contributed by atoms with van der Waals surface area (Å²) in [4.78, 5) is 0. The minimum absolute atomic E-state index is 1.00. The van der Waals surface area contributed by atoms with E-state index in [1.54, 1.807) is 0 Å². The average Bonchev–Trinajstić information content (AvgIpc) is 2.15. The van der Waals surface area contributed by atoms with Gasteiger partial charge in [0.25, 0.3) is 0 Å². The van der Waals surface area contributed by atoms with Gasteiger partial charge in [-0.2, -0.15) is 0 Å². The molecule has 13 heavy (non-hydrogen) atoms. The zero-order valence-corrected chi connectivity index (χ0v) is 10.7. The molecule has 1 saturated carbocycles. The van der Waals surface area contributed by atoms with Crippen molar-refractivity contribution in [2.75, 3.05) is 0 Å². The van der Waals surface area contributed by atoms with E-state index in [4.69, 9.17) is 0 Å². The molecule has 1 rings (SSSR count). The standard InChI is InChI=1S/C8H16.C3H8.C2H6/c1-7-5-3-4-6-8(7)2;1-3-2;1-2/h7-8H,3-6H2,1-2H3;3H2,1-2H3;1-2H3. The van der Waals surface area contributed by atoms with E-state index < -0.39 is 0 Å². The van der Waals surface area contributed by atoms with Crippen molar-refractivity contribution in [1.29, 1.82) is 0 Å². The first kappa shape index (κ1) is 15.5. The minimum atomic E-state index is 1.00. The van der Waals surface area contributed by atoms with Crippen LogP contribution in [0.3, 0.4) is 0 Å². The van der Waals surface area contributed by atoms with Crippen LogP contribution in [0.5, 0.6) is 0 Å². The smallest absolute Gasteiger partial charge is 0.0417 e. The van der Waals surface area contributed by atoms with E-state index in [1.807, 2.05) is 13.8 Å². The summed E-state index contributed by atoms with van der Waals surface area (Å²) in [6.45, 7) is 13.0. The summed E-state index contributed by atoms with van der Waals surface area (Å²) in [5, 5.41) is 0. The van der Waals surface area contributed by atoms with E-state index in [0.717, 1.165) is 11.8 Å². The Labute approximate surface area is 86.1 Å². The summed E-state index contributed by atoms with van der Waals surface area (Å²) >= 11 is 0. The van der Waals surface area contributed by atoms with E-state index >= 15 is 0 Å². The normalized spacial score (nSPS) is 26.3. The van der Waals surface area contributed by atoms with E-state index in [9.17, 15) is 0 Å². The molecular weight excluding hydrogens is 156 g/mol. The lowest BCUT2D eigenvalue weighted by molar-refractivity contribution is 0.277. The summed E-state index contributed by atoms with van der Waals surface area (Å²) in [7, 11) is 0. The second kappa shape index (κ2) is 12.0. The van der Waals surface area contributed by atoms with Crippen LogP contribution in [0, 0.1) is 11.8 Å². The van der Waals surface area contributed by atoms with Gasteiger partial charge in [-0.3, -0.25) is 0 Å². The van der Waals surface area contributed by atoms with Gasteiger partial charge < -0.3 is 0 Å². The Kier molecular flexibility index (Phi) is 14.3. The third-order valence-electron chi connectivity index (χ3n) is 2.54. The van der Waals surface area contributed by atoms with Gasteiger partial charge in [0.15, 0.2) is 0 Å². The second-order valence-corrected chi connectivity index (χ2v) is 3.95. The van der Waals surface area contributed by atoms with Crippen molar-refractivity contribution in [2.24, 2.45) is 11.8 Å². The molecule has 0 radical (unpaired) electrons. The molecule has 2 atom stereocenters. The van der Waals surface area contributed by atoms with Crippen molar-refractivity contribution in [3.63, 3.8) is 0 Å². The Morgan fingerprint density at radius 1 is 0.846 bits per heavy atom. The van der Waals surface area contributed by atoms with Crippen molar-refractivity contribution in [3.05, 3.63) is 0 Å². The van der Waals surface area contributed by atoms with Crippen LogP contribution in [0.15, 0.2) is 0 Å². The third kappa shape index (κ3) is 9.92. The molecule has 0 bridgehead atoms. The lowest BCUT2D eigenvalue weighted by Gasteiger charge is -2.24. The molecule has 1 aliphatic carbocycles. The fraction of sp³-hybridized carbons (Fsp3) is 1.00. The van der Waals surface area contributed by atoms with Gasteiger partial charge in [0.2, 0.25) is 0 Å². The summed E-state index contributed by atoms with van der Waals surface area (Å²) in [5.41, 5.74) is 0.